The van der Waals surface area contributed by atoms with Gasteiger partial charge >= 0.3 is 5.97 Å². The Labute approximate surface area is 198 Å². The maximum absolute atomic E-state index is 12.9. The first-order valence-electron chi connectivity index (χ1n) is 10.9. The number of ether oxygens (including phenoxy) is 4. The number of carbonyl (C=O) groups is 3. The van der Waals surface area contributed by atoms with Crippen molar-refractivity contribution in [2.24, 2.45) is 11.8 Å². The number of hydrogen-bond acceptors (Lipinski definition) is 7. The molecule has 0 spiro atoms. The molecule has 2 aromatic rings. The molecule has 1 fully saturated rings. The summed E-state index contributed by atoms with van der Waals surface area (Å²) in [7, 11) is 4.44. The highest BCUT2D eigenvalue weighted by Gasteiger charge is 2.39. The molecule has 3 rings (SSSR count). The zero-order chi connectivity index (χ0) is 24.8. The molecule has 1 aliphatic rings. The van der Waals surface area contributed by atoms with Crippen LogP contribution in [-0.2, 0) is 14.3 Å². The van der Waals surface area contributed by atoms with Gasteiger partial charge in [0.1, 0.15) is 5.75 Å². The number of methoxy groups -OCH3 is 3. The molecule has 0 radical (unpaired) electrons. The van der Waals surface area contributed by atoms with E-state index in [2.05, 4.69) is 10.6 Å². The number of benzene rings is 2. The Morgan fingerprint density at radius 1 is 1.00 bits per heavy atom. The molecule has 0 heterocycles. The summed E-state index contributed by atoms with van der Waals surface area (Å²) in [5.74, 6) is 0.0386. The van der Waals surface area contributed by atoms with Gasteiger partial charge in [-0.1, -0.05) is 25.1 Å². The molecule has 0 aliphatic heterocycles. The molecule has 9 nitrogen and oxygen atoms in total. The Balaban J connectivity index is 1.70. The molecule has 3 unspecified atom stereocenters. The van der Waals surface area contributed by atoms with E-state index in [9.17, 15) is 14.4 Å². The number of hydrogen-bond donors (Lipinski definition) is 2. The number of rotatable bonds is 10. The summed E-state index contributed by atoms with van der Waals surface area (Å²) in [5.41, 5.74) is 1.09. The van der Waals surface area contributed by atoms with E-state index in [4.69, 9.17) is 18.9 Å². The summed E-state index contributed by atoms with van der Waals surface area (Å²) >= 11 is 0. The van der Waals surface area contributed by atoms with E-state index in [1.807, 2.05) is 25.1 Å². The van der Waals surface area contributed by atoms with Crippen LogP contribution >= 0.6 is 0 Å². The van der Waals surface area contributed by atoms with Gasteiger partial charge in [0.15, 0.2) is 18.1 Å². The van der Waals surface area contributed by atoms with E-state index < -0.39 is 18.5 Å². The Morgan fingerprint density at radius 2 is 1.62 bits per heavy atom. The molecule has 34 heavy (non-hydrogen) atoms. The number of esters is 1. The summed E-state index contributed by atoms with van der Waals surface area (Å²) in [5, 5.41) is 5.56. The maximum atomic E-state index is 12.9. The average Bonchev–Trinajstić information content (AvgIpc) is 3.58. The van der Waals surface area contributed by atoms with E-state index in [1.165, 1.54) is 26.4 Å². The van der Waals surface area contributed by atoms with Crippen LogP contribution < -0.4 is 24.8 Å². The lowest BCUT2D eigenvalue weighted by atomic mass is 10.1. The fourth-order valence-electron chi connectivity index (χ4n) is 3.66. The normalized spacial score (nSPS) is 17.2. The molecule has 2 N–H and O–H groups in total. The highest BCUT2D eigenvalue weighted by atomic mass is 16.5. The van der Waals surface area contributed by atoms with Crippen LogP contribution in [0.2, 0.25) is 0 Å². The Morgan fingerprint density at radius 3 is 2.24 bits per heavy atom. The van der Waals surface area contributed by atoms with Crippen molar-refractivity contribution < 1.29 is 33.3 Å². The van der Waals surface area contributed by atoms with Crippen molar-refractivity contribution >= 4 is 23.5 Å². The molecule has 1 aliphatic carbocycles. The molecule has 0 saturated heterocycles. The van der Waals surface area contributed by atoms with Gasteiger partial charge in [-0.25, -0.2) is 4.79 Å². The zero-order valence-electron chi connectivity index (χ0n) is 20.0. The summed E-state index contributed by atoms with van der Waals surface area (Å²) in [4.78, 5) is 37.8. The highest BCUT2D eigenvalue weighted by Crippen LogP contribution is 2.40. The predicted octanol–water partition coefficient (Wildman–Crippen LogP) is 3.34. The van der Waals surface area contributed by atoms with Crippen LogP contribution in [-0.4, -0.2) is 45.7 Å². The fourth-order valence-corrected chi connectivity index (χ4v) is 3.66. The van der Waals surface area contributed by atoms with E-state index in [0.29, 0.717) is 23.2 Å². The van der Waals surface area contributed by atoms with E-state index in [0.717, 1.165) is 12.0 Å². The second-order valence-electron chi connectivity index (χ2n) is 8.17. The SMILES string of the molecule is COc1cc(NC(=O)C2CC2C)c(C(=O)OCC(=O)NC(C)c2ccccc2OC)cc1OC. The standard InChI is InChI=1S/C25H30N2O7/c1-14-10-17(14)24(29)27-19-12-22(33-5)21(32-4)11-18(19)25(30)34-13-23(28)26-15(2)16-8-6-7-9-20(16)31-3/h6-9,11-12,14-15,17H,10,13H2,1-5H3,(H,26,28)(H,27,29). The molecule has 3 atom stereocenters. The summed E-state index contributed by atoms with van der Waals surface area (Å²) in [6.45, 7) is 3.29. The van der Waals surface area contributed by atoms with Crippen molar-refractivity contribution in [2.75, 3.05) is 33.3 Å². The monoisotopic (exact) mass is 470 g/mol. The van der Waals surface area contributed by atoms with Gasteiger partial charge in [-0.15, -0.1) is 0 Å². The van der Waals surface area contributed by atoms with Crippen molar-refractivity contribution in [3.05, 3.63) is 47.5 Å². The Hall–Kier alpha value is -3.75. The number of carbonyl (C=O) groups excluding carboxylic acids is 3. The first-order valence-corrected chi connectivity index (χ1v) is 10.9. The lowest BCUT2D eigenvalue weighted by Gasteiger charge is -2.18. The summed E-state index contributed by atoms with van der Waals surface area (Å²) < 4.78 is 21.1. The van der Waals surface area contributed by atoms with Crippen molar-refractivity contribution in [1.82, 2.24) is 5.32 Å². The molecule has 2 amide bonds. The van der Waals surface area contributed by atoms with Gasteiger partial charge in [0.2, 0.25) is 5.91 Å². The van der Waals surface area contributed by atoms with Gasteiger partial charge in [-0.3, -0.25) is 9.59 Å². The molecule has 0 bridgehead atoms. The third kappa shape index (κ3) is 5.78. The lowest BCUT2D eigenvalue weighted by Crippen LogP contribution is -2.31. The van der Waals surface area contributed by atoms with Crippen LogP contribution in [0.15, 0.2) is 36.4 Å². The van der Waals surface area contributed by atoms with Crippen LogP contribution in [0.4, 0.5) is 5.69 Å². The van der Waals surface area contributed by atoms with E-state index in [1.54, 1.807) is 20.1 Å². The molecule has 2 aromatic carbocycles. The van der Waals surface area contributed by atoms with Crippen molar-refractivity contribution in [3.63, 3.8) is 0 Å². The molecule has 9 heteroatoms. The van der Waals surface area contributed by atoms with Crippen LogP contribution in [0.25, 0.3) is 0 Å². The predicted molar refractivity (Wildman–Crippen MR) is 125 cm³/mol. The molecule has 0 aromatic heterocycles. The quantitative estimate of drug-likeness (QED) is 0.512. The Bertz CT molecular complexity index is 1070. The van der Waals surface area contributed by atoms with Crippen LogP contribution in [0.3, 0.4) is 0 Å². The van der Waals surface area contributed by atoms with Crippen LogP contribution in [0.5, 0.6) is 17.2 Å². The minimum Gasteiger partial charge on any atom is -0.496 e. The number of para-hydroxylation sites is 1. The highest BCUT2D eigenvalue weighted by molar-refractivity contribution is 6.03. The van der Waals surface area contributed by atoms with Crippen LogP contribution in [0, 0.1) is 11.8 Å². The van der Waals surface area contributed by atoms with Gasteiger partial charge in [0, 0.05) is 23.6 Å². The smallest absolute Gasteiger partial charge is 0.340 e. The Kier molecular flexibility index (Phi) is 7.99. The van der Waals surface area contributed by atoms with Gasteiger partial charge in [0.05, 0.1) is 38.6 Å². The third-order valence-electron chi connectivity index (χ3n) is 5.77. The second kappa shape index (κ2) is 10.9. The van der Waals surface area contributed by atoms with Crippen molar-refractivity contribution in [2.45, 2.75) is 26.3 Å². The number of nitrogens with one attached hydrogen (secondary N) is 2. The number of amides is 2. The number of anilines is 1. The second-order valence-corrected chi connectivity index (χ2v) is 8.17. The minimum absolute atomic E-state index is 0.0601. The lowest BCUT2D eigenvalue weighted by molar-refractivity contribution is -0.125. The van der Waals surface area contributed by atoms with Gasteiger partial charge in [0.25, 0.3) is 5.91 Å². The minimum atomic E-state index is -0.778. The van der Waals surface area contributed by atoms with Gasteiger partial charge in [-0.2, -0.15) is 0 Å². The molecular weight excluding hydrogens is 440 g/mol. The van der Waals surface area contributed by atoms with Gasteiger partial charge < -0.3 is 29.6 Å². The largest absolute Gasteiger partial charge is 0.496 e. The van der Waals surface area contributed by atoms with Crippen molar-refractivity contribution in [3.8, 4) is 17.2 Å². The maximum Gasteiger partial charge on any atom is 0.340 e. The van der Waals surface area contributed by atoms with Gasteiger partial charge in [-0.05, 0) is 25.3 Å². The van der Waals surface area contributed by atoms with Crippen LogP contribution in [0.1, 0.15) is 42.2 Å². The average molecular weight is 471 g/mol. The summed E-state index contributed by atoms with van der Waals surface area (Å²) in [6.07, 6.45) is 0.795. The summed E-state index contributed by atoms with van der Waals surface area (Å²) in [6, 6.07) is 9.88. The topological polar surface area (TPSA) is 112 Å². The first-order chi connectivity index (χ1) is 16.3. The van der Waals surface area contributed by atoms with E-state index in [-0.39, 0.29) is 29.1 Å². The van der Waals surface area contributed by atoms with Crippen molar-refractivity contribution in [1.29, 1.82) is 0 Å². The molecule has 1 saturated carbocycles. The molecular formula is C25H30N2O7. The fraction of sp³-hybridized carbons (Fsp3) is 0.400. The first kappa shape index (κ1) is 24.9. The zero-order valence-corrected chi connectivity index (χ0v) is 20.0. The molecule has 182 valence electrons. The van der Waals surface area contributed by atoms with E-state index >= 15 is 0 Å². The third-order valence-corrected chi connectivity index (χ3v) is 5.77.